The minimum atomic E-state index is -0.480. The molecule has 21 heavy (non-hydrogen) atoms. The van der Waals surface area contributed by atoms with Crippen LogP contribution in [0.1, 0.15) is 40.5 Å². The summed E-state index contributed by atoms with van der Waals surface area (Å²) < 4.78 is 9.91. The van der Waals surface area contributed by atoms with Crippen molar-refractivity contribution < 1.29 is 19.1 Å². The van der Waals surface area contributed by atoms with Crippen molar-refractivity contribution in [3.63, 3.8) is 0 Å². The molecule has 0 aromatic carbocycles. The summed E-state index contributed by atoms with van der Waals surface area (Å²) in [6.07, 6.45) is 0.847. The highest BCUT2D eigenvalue weighted by Gasteiger charge is 2.31. The Morgan fingerprint density at radius 3 is 2.52 bits per heavy atom. The van der Waals surface area contributed by atoms with Crippen LogP contribution in [0.4, 0.5) is 4.79 Å². The Bertz CT molecular complexity index is 365. The number of ether oxygens (including phenoxy) is 2. The molecule has 6 heteroatoms. The maximum atomic E-state index is 11.8. The van der Waals surface area contributed by atoms with Gasteiger partial charge in [0.25, 0.3) is 0 Å². The lowest BCUT2D eigenvalue weighted by Gasteiger charge is -2.23. The van der Waals surface area contributed by atoms with Crippen LogP contribution in [0.5, 0.6) is 0 Å². The van der Waals surface area contributed by atoms with E-state index in [0.29, 0.717) is 12.3 Å². The molecule has 0 aromatic heterocycles. The molecular weight excluding hydrogens is 272 g/mol. The number of likely N-dealkylation sites (tertiary alicyclic amines) is 1. The van der Waals surface area contributed by atoms with E-state index in [9.17, 15) is 9.59 Å². The maximum absolute atomic E-state index is 11.8. The second-order valence-corrected chi connectivity index (χ2v) is 6.67. The van der Waals surface area contributed by atoms with Gasteiger partial charge in [0.2, 0.25) is 0 Å². The number of nitrogens with zero attached hydrogens (tertiary/aromatic N) is 1. The molecule has 1 saturated heterocycles. The molecule has 6 nitrogen and oxygen atoms in total. The van der Waals surface area contributed by atoms with Crippen LogP contribution in [0, 0.1) is 5.92 Å². The summed E-state index contributed by atoms with van der Waals surface area (Å²) in [4.78, 5) is 25.1. The zero-order valence-corrected chi connectivity index (χ0v) is 13.8. The zero-order valence-electron chi connectivity index (χ0n) is 13.8. The van der Waals surface area contributed by atoms with Crippen molar-refractivity contribution in [3.8, 4) is 0 Å². The Kier molecular flexibility index (Phi) is 6.45. The first-order valence-corrected chi connectivity index (χ1v) is 7.50. The fourth-order valence-corrected chi connectivity index (χ4v) is 2.45. The van der Waals surface area contributed by atoms with E-state index in [4.69, 9.17) is 4.74 Å². The number of methoxy groups -OCH3 is 1. The van der Waals surface area contributed by atoms with Crippen LogP contribution < -0.4 is 5.32 Å². The second-order valence-electron chi connectivity index (χ2n) is 6.67. The number of hydrogen-bond acceptors (Lipinski definition) is 5. The lowest BCUT2D eigenvalue weighted by atomic mass is 10.1. The van der Waals surface area contributed by atoms with Crippen LogP contribution in [0.3, 0.4) is 0 Å². The lowest BCUT2D eigenvalue weighted by molar-refractivity contribution is -0.140. The van der Waals surface area contributed by atoms with Crippen LogP contribution in [0.15, 0.2) is 0 Å². The Balaban J connectivity index is 2.32. The second kappa shape index (κ2) is 7.64. The molecule has 1 rings (SSSR count). The summed E-state index contributed by atoms with van der Waals surface area (Å²) in [5, 5.41) is 2.93. The first kappa shape index (κ1) is 17.8. The predicted molar refractivity (Wildman–Crippen MR) is 80.0 cm³/mol. The molecule has 0 saturated carbocycles. The molecule has 1 heterocycles. The Morgan fingerprint density at radius 2 is 1.95 bits per heavy atom. The van der Waals surface area contributed by atoms with Gasteiger partial charge in [-0.05, 0) is 39.7 Å². The number of esters is 1. The maximum Gasteiger partial charge on any atom is 0.407 e. The molecule has 122 valence electrons. The van der Waals surface area contributed by atoms with Crippen molar-refractivity contribution in [3.05, 3.63) is 0 Å². The summed E-state index contributed by atoms with van der Waals surface area (Å²) in [6, 6.07) is 0.0953. The van der Waals surface area contributed by atoms with Gasteiger partial charge in [0.1, 0.15) is 5.60 Å². The molecule has 1 amide bonds. The Labute approximate surface area is 127 Å². The molecule has 1 aliphatic heterocycles. The molecule has 0 aliphatic carbocycles. The van der Waals surface area contributed by atoms with Crippen molar-refractivity contribution in [2.75, 3.05) is 26.7 Å². The molecule has 1 aliphatic rings. The molecular formula is C15H28N2O4. The van der Waals surface area contributed by atoms with Gasteiger partial charge in [0, 0.05) is 25.6 Å². The number of carbonyl (C=O) groups is 2. The SMILES string of the molecule is COC(=O)CCCN1C[C@@H](C)[C@@H](NC(=O)OC(C)(C)C)C1. The molecule has 0 unspecified atom stereocenters. The fraction of sp³-hybridized carbons (Fsp3) is 0.867. The van der Waals surface area contributed by atoms with Gasteiger partial charge in [-0.25, -0.2) is 4.79 Å². The third kappa shape index (κ3) is 6.80. The number of carbonyl (C=O) groups excluding carboxylic acids is 2. The van der Waals surface area contributed by atoms with Crippen LogP contribution >= 0.6 is 0 Å². The van der Waals surface area contributed by atoms with Gasteiger partial charge in [-0.2, -0.15) is 0 Å². The summed E-state index contributed by atoms with van der Waals surface area (Å²) in [5.74, 6) is 0.196. The van der Waals surface area contributed by atoms with E-state index in [1.165, 1.54) is 7.11 Å². The molecule has 0 spiro atoms. The molecule has 0 aromatic rings. The van der Waals surface area contributed by atoms with Crippen molar-refractivity contribution in [1.82, 2.24) is 10.2 Å². The quantitative estimate of drug-likeness (QED) is 0.784. The van der Waals surface area contributed by atoms with E-state index in [0.717, 1.165) is 26.1 Å². The van der Waals surface area contributed by atoms with Gasteiger partial charge in [0.05, 0.1) is 7.11 Å². The lowest BCUT2D eigenvalue weighted by Crippen LogP contribution is -2.42. The average Bonchev–Trinajstić information content (AvgIpc) is 2.67. The first-order chi connectivity index (χ1) is 9.71. The highest BCUT2D eigenvalue weighted by molar-refractivity contribution is 5.69. The normalized spacial score (nSPS) is 22.9. The summed E-state index contributed by atoms with van der Waals surface area (Å²) >= 11 is 0. The van der Waals surface area contributed by atoms with Crippen molar-refractivity contribution in [2.24, 2.45) is 5.92 Å². The zero-order chi connectivity index (χ0) is 16.0. The number of amides is 1. The predicted octanol–water partition coefficient (Wildman–Crippen LogP) is 1.78. The van der Waals surface area contributed by atoms with Gasteiger partial charge >= 0.3 is 12.1 Å². The van der Waals surface area contributed by atoms with Gasteiger partial charge in [-0.15, -0.1) is 0 Å². The Morgan fingerprint density at radius 1 is 1.29 bits per heavy atom. The topological polar surface area (TPSA) is 67.9 Å². The minimum Gasteiger partial charge on any atom is -0.469 e. The van der Waals surface area contributed by atoms with Gasteiger partial charge in [0.15, 0.2) is 0 Å². The molecule has 1 N–H and O–H groups in total. The number of hydrogen-bond donors (Lipinski definition) is 1. The largest absolute Gasteiger partial charge is 0.469 e. The molecule has 2 atom stereocenters. The van der Waals surface area contributed by atoms with Crippen LogP contribution in [-0.2, 0) is 14.3 Å². The van der Waals surface area contributed by atoms with E-state index in [1.807, 2.05) is 20.8 Å². The minimum absolute atomic E-state index is 0.0953. The summed E-state index contributed by atoms with van der Waals surface area (Å²) in [6.45, 7) is 10.2. The van der Waals surface area contributed by atoms with E-state index in [-0.39, 0.29) is 18.1 Å². The van der Waals surface area contributed by atoms with E-state index >= 15 is 0 Å². The highest BCUT2D eigenvalue weighted by atomic mass is 16.6. The number of nitrogens with one attached hydrogen (secondary N) is 1. The van der Waals surface area contributed by atoms with Crippen LogP contribution in [0.2, 0.25) is 0 Å². The molecule has 0 bridgehead atoms. The van der Waals surface area contributed by atoms with Gasteiger partial charge in [-0.1, -0.05) is 6.92 Å². The van der Waals surface area contributed by atoms with Crippen molar-refractivity contribution in [2.45, 2.75) is 52.2 Å². The standard InChI is InChI=1S/C15H28N2O4/c1-11-9-17(8-6-7-13(18)20-5)10-12(11)16-14(19)21-15(2,3)4/h11-12H,6-10H2,1-5H3,(H,16,19)/t11-,12+/m1/s1. The van der Waals surface area contributed by atoms with Gasteiger partial charge in [-0.3, -0.25) is 4.79 Å². The third-order valence-electron chi connectivity index (χ3n) is 3.47. The average molecular weight is 300 g/mol. The highest BCUT2D eigenvalue weighted by Crippen LogP contribution is 2.18. The van der Waals surface area contributed by atoms with Crippen LogP contribution in [-0.4, -0.2) is 55.3 Å². The number of rotatable bonds is 5. The van der Waals surface area contributed by atoms with E-state index < -0.39 is 5.60 Å². The van der Waals surface area contributed by atoms with Crippen molar-refractivity contribution in [1.29, 1.82) is 0 Å². The Hall–Kier alpha value is -1.30. The monoisotopic (exact) mass is 300 g/mol. The van der Waals surface area contributed by atoms with E-state index in [1.54, 1.807) is 0 Å². The van der Waals surface area contributed by atoms with E-state index in [2.05, 4.69) is 21.9 Å². The smallest absolute Gasteiger partial charge is 0.407 e. The van der Waals surface area contributed by atoms with Gasteiger partial charge < -0.3 is 19.7 Å². The first-order valence-electron chi connectivity index (χ1n) is 7.50. The van der Waals surface area contributed by atoms with Crippen LogP contribution in [0.25, 0.3) is 0 Å². The summed E-state index contributed by atoms with van der Waals surface area (Å²) in [5.41, 5.74) is -0.480. The third-order valence-corrected chi connectivity index (χ3v) is 3.47. The molecule has 1 fully saturated rings. The fourth-order valence-electron chi connectivity index (χ4n) is 2.45. The summed E-state index contributed by atoms with van der Waals surface area (Å²) in [7, 11) is 1.40. The number of alkyl carbamates (subject to hydrolysis) is 1. The van der Waals surface area contributed by atoms with Crippen molar-refractivity contribution >= 4 is 12.1 Å². The molecule has 0 radical (unpaired) electrons.